The van der Waals surface area contributed by atoms with E-state index in [1.54, 1.807) is 0 Å². The van der Waals surface area contributed by atoms with Gasteiger partial charge in [-0.05, 0) is 74.6 Å². The third kappa shape index (κ3) is 4.99. The Labute approximate surface area is 222 Å². The SMILES string of the molecule is COC(C)C1(c2ccccc2)CCN(CCC(c2ccccc2)(c2ccccc2)c2ccccn2)CC1. The molecule has 37 heavy (non-hydrogen) atoms. The topological polar surface area (TPSA) is 25.4 Å². The predicted molar refractivity (Wildman–Crippen MR) is 152 cm³/mol. The second-order valence-electron chi connectivity index (χ2n) is 10.3. The van der Waals surface area contributed by atoms with Crippen molar-refractivity contribution in [2.45, 2.75) is 43.1 Å². The highest BCUT2D eigenvalue weighted by molar-refractivity contribution is 5.48. The second kappa shape index (κ2) is 11.4. The van der Waals surface area contributed by atoms with Crippen LogP contribution in [0.2, 0.25) is 0 Å². The van der Waals surface area contributed by atoms with Crippen molar-refractivity contribution in [2.75, 3.05) is 26.7 Å². The number of ether oxygens (including phenoxy) is 1. The Kier molecular flexibility index (Phi) is 7.83. The van der Waals surface area contributed by atoms with Crippen molar-refractivity contribution in [2.24, 2.45) is 0 Å². The number of likely N-dealkylation sites (tertiary alicyclic amines) is 1. The molecule has 3 nitrogen and oxygen atoms in total. The van der Waals surface area contributed by atoms with Gasteiger partial charge in [-0.3, -0.25) is 4.98 Å². The molecule has 1 aromatic heterocycles. The second-order valence-corrected chi connectivity index (χ2v) is 10.3. The summed E-state index contributed by atoms with van der Waals surface area (Å²) in [7, 11) is 1.85. The summed E-state index contributed by atoms with van der Waals surface area (Å²) in [4.78, 5) is 7.58. The molecule has 5 rings (SSSR count). The van der Waals surface area contributed by atoms with Gasteiger partial charge in [0.05, 0.1) is 17.2 Å². The zero-order chi connectivity index (χ0) is 25.6. The molecule has 0 amide bonds. The normalized spacial score (nSPS) is 16.8. The van der Waals surface area contributed by atoms with Crippen molar-refractivity contribution in [3.63, 3.8) is 0 Å². The Morgan fingerprint density at radius 2 is 1.32 bits per heavy atom. The van der Waals surface area contributed by atoms with Crippen LogP contribution in [0.4, 0.5) is 0 Å². The first-order chi connectivity index (χ1) is 18.2. The van der Waals surface area contributed by atoms with Gasteiger partial charge in [0, 0.05) is 18.7 Å². The molecule has 1 fully saturated rings. The number of pyridine rings is 1. The first-order valence-corrected chi connectivity index (χ1v) is 13.5. The Morgan fingerprint density at radius 1 is 0.784 bits per heavy atom. The first kappa shape index (κ1) is 25.4. The third-order valence-electron chi connectivity index (χ3n) is 8.67. The van der Waals surface area contributed by atoms with Gasteiger partial charge in [0.1, 0.15) is 0 Å². The van der Waals surface area contributed by atoms with Crippen LogP contribution < -0.4 is 0 Å². The third-order valence-corrected chi connectivity index (χ3v) is 8.67. The lowest BCUT2D eigenvalue weighted by atomic mass is 9.68. The highest BCUT2D eigenvalue weighted by Crippen LogP contribution is 2.43. The summed E-state index contributed by atoms with van der Waals surface area (Å²) < 4.78 is 5.94. The van der Waals surface area contributed by atoms with Crippen molar-refractivity contribution < 1.29 is 4.74 Å². The van der Waals surface area contributed by atoms with Crippen molar-refractivity contribution >= 4 is 0 Å². The summed E-state index contributed by atoms with van der Waals surface area (Å²) in [5.41, 5.74) is 4.85. The molecule has 1 atom stereocenters. The monoisotopic (exact) mass is 490 g/mol. The highest BCUT2D eigenvalue weighted by atomic mass is 16.5. The fourth-order valence-electron chi connectivity index (χ4n) is 6.37. The summed E-state index contributed by atoms with van der Waals surface area (Å²) in [5, 5.41) is 0. The maximum atomic E-state index is 5.94. The Hall–Kier alpha value is -3.27. The number of aromatic nitrogens is 1. The van der Waals surface area contributed by atoms with Crippen molar-refractivity contribution in [3.05, 3.63) is 138 Å². The number of hydrogen-bond donors (Lipinski definition) is 0. The summed E-state index contributed by atoms with van der Waals surface area (Å²) in [6.45, 7) is 5.36. The zero-order valence-corrected chi connectivity index (χ0v) is 22.1. The first-order valence-electron chi connectivity index (χ1n) is 13.5. The van der Waals surface area contributed by atoms with E-state index in [4.69, 9.17) is 9.72 Å². The molecule has 0 N–H and O–H groups in total. The number of piperidine rings is 1. The Bertz CT molecular complexity index is 1120. The van der Waals surface area contributed by atoms with E-state index in [1.807, 2.05) is 19.4 Å². The van der Waals surface area contributed by atoms with Gasteiger partial charge >= 0.3 is 0 Å². The maximum absolute atomic E-state index is 5.94. The van der Waals surface area contributed by atoms with Gasteiger partial charge in [0.2, 0.25) is 0 Å². The van der Waals surface area contributed by atoms with Crippen LogP contribution in [0.3, 0.4) is 0 Å². The fraction of sp³-hybridized carbons (Fsp3) is 0.324. The van der Waals surface area contributed by atoms with E-state index in [-0.39, 0.29) is 16.9 Å². The minimum absolute atomic E-state index is 0.0590. The number of methoxy groups -OCH3 is 1. The Morgan fingerprint density at radius 3 is 1.84 bits per heavy atom. The molecule has 1 aliphatic rings. The van der Waals surface area contributed by atoms with Crippen LogP contribution in [-0.4, -0.2) is 42.7 Å². The Balaban J connectivity index is 1.44. The molecule has 4 aromatic rings. The standard InChI is InChI=1S/C34H38N2O/c1-28(37-2)33(29-14-6-3-7-15-29)21-25-36(26-22-33)27-23-34(30-16-8-4-9-17-30,31-18-10-5-11-19-31)32-20-12-13-24-35-32/h3-20,24,28H,21-23,25-27H2,1-2H3. The van der Waals surface area contributed by atoms with Crippen LogP contribution >= 0.6 is 0 Å². The zero-order valence-electron chi connectivity index (χ0n) is 22.1. The van der Waals surface area contributed by atoms with Crippen molar-refractivity contribution in [3.8, 4) is 0 Å². The molecular weight excluding hydrogens is 452 g/mol. The number of hydrogen-bond acceptors (Lipinski definition) is 3. The highest BCUT2D eigenvalue weighted by Gasteiger charge is 2.42. The molecule has 0 aliphatic carbocycles. The van der Waals surface area contributed by atoms with Crippen LogP contribution in [0, 0.1) is 0 Å². The predicted octanol–water partition coefficient (Wildman–Crippen LogP) is 6.87. The molecule has 3 aromatic carbocycles. The molecule has 0 spiro atoms. The molecule has 3 heteroatoms. The van der Waals surface area contributed by atoms with Gasteiger partial charge in [-0.25, -0.2) is 0 Å². The lowest BCUT2D eigenvalue weighted by Crippen LogP contribution is -2.49. The maximum Gasteiger partial charge on any atom is 0.0640 e. The minimum Gasteiger partial charge on any atom is -0.381 e. The van der Waals surface area contributed by atoms with Gasteiger partial charge in [-0.1, -0.05) is 97.1 Å². The average molecular weight is 491 g/mol. The van der Waals surface area contributed by atoms with Crippen LogP contribution in [0.15, 0.2) is 115 Å². The van der Waals surface area contributed by atoms with Crippen LogP contribution in [0.25, 0.3) is 0 Å². The molecule has 2 heterocycles. The van der Waals surface area contributed by atoms with E-state index >= 15 is 0 Å². The fourth-order valence-corrected chi connectivity index (χ4v) is 6.37. The molecule has 1 saturated heterocycles. The number of rotatable bonds is 9. The molecule has 0 radical (unpaired) electrons. The summed E-state index contributed by atoms with van der Waals surface area (Å²) in [6.07, 6.45) is 5.27. The van der Waals surface area contributed by atoms with Gasteiger partial charge in [-0.15, -0.1) is 0 Å². The minimum atomic E-state index is -0.308. The smallest absolute Gasteiger partial charge is 0.0640 e. The summed E-state index contributed by atoms with van der Waals surface area (Å²) in [6, 6.07) is 39.1. The van der Waals surface area contributed by atoms with Crippen molar-refractivity contribution in [1.82, 2.24) is 9.88 Å². The van der Waals surface area contributed by atoms with E-state index < -0.39 is 0 Å². The number of benzene rings is 3. The lowest BCUT2D eigenvalue weighted by molar-refractivity contribution is 0.00807. The summed E-state index contributed by atoms with van der Waals surface area (Å²) in [5.74, 6) is 0. The molecule has 0 saturated carbocycles. The van der Waals surface area contributed by atoms with Crippen LogP contribution in [0.1, 0.15) is 48.6 Å². The van der Waals surface area contributed by atoms with E-state index in [2.05, 4.69) is 115 Å². The van der Waals surface area contributed by atoms with E-state index in [9.17, 15) is 0 Å². The van der Waals surface area contributed by atoms with Gasteiger partial charge in [0.15, 0.2) is 0 Å². The lowest BCUT2D eigenvalue weighted by Gasteiger charge is -2.46. The van der Waals surface area contributed by atoms with E-state index in [1.165, 1.54) is 16.7 Å². The van der Waals surface area contributed by atoms with E-state index in [0.717, 1.165) is 44.6 Å². The van der Waals surface area contributed by atoms with Gasteiger partial charge in [-0.2, -0.15) is 0 Å². The molecule has 0 bridgehead atoms. The average Bonchev–Trinajstić information content (AvgIpc) is 2.99. The number of nitrogens with zero attached hydrogens (tertiary/aromatic N) is 2. The van der Waals surface area contributed by atoms with Gasteiger partial charge in [0.25, 0.3) is 0 Å². The van der Waals surface area contributed by atoms with Crippen LogP contribution in [-0.2, 0) is 15.6 Å². The van der Waals surface area contributed by atoms with E-state index in [0.29, 0.717) is 0 Å². The quantitative estimate of drug-likeness (QED) is 0.256. The molecule has 1 aliphatic heterocycles. The molecule has 190 valence electrons. The van der Waals surface area contributed by atoms with Gasteiger partial charge < -0.3 is 9.64 Å². The molecular formula is C34H38N2O. The largest absolute Gasteiger partial charge is 0.381 e. The van der Waals surface area contributed by atoms with Crippen molar-refractivity contribution in [1.29, 1.82) is 0 Å². The van der Waals surface area contributed by atoms with Crippen LogP contribution in [0.5, 0.6) is 0 Å². The summed E-state index contributed by atoms with van der Waals surface area (Å²) >= 11 is 0. The molecule has 1 unspecified atom stereocenters.